The van der Waals surface area contributed by atoms with Gasteiger partial charge in [-0.1, -0.05) is 17.7 Å². The highest BCUT2D eigenvalue weighted by Crippen LogP contribution is 2.17. The van der Waals surface area contributed by atoms with E-state index in [9.17, 15) is 4.79 Å². The molecule has 0 aliphatic carbocycles. The molecule has 2 aromatic heterocycles. The third-order valence-corrected chi connectivity index (χ3v) is 4.89. The number of carbonyl (C=O) groups excluding carboxylic acids is 1. The van der Waals surface area contributed by atoms with E-state index in [0.29, 0.717) is 37.8 Å². The Kier molecular flexibility index (Phi) is 5.41. The third kappa shape index (κ3) is 4.53. The van der Waals surface area contributed by atoms with Crippen molar-refractivity contribution in [3.8, 4) is 11.6 Å². The zero-order chi connectivity index (χ0) is 20.2. The second-order valence-corrected chi connectivity index (χ2v) is 7.05. The summed E-state index contributed by atoms with van der Waals surface area (Å²) in [6.07, 6.45) is 3.58. The minimum atomic E-state index is 0.00123. The molecule has 29 heavy (non-hydrogen) atoms. The number of nitrogens with zero attached hydrogens (tertiary/aromatic N) is 6. The first kappa shape index (κ1) is 18.9. The number of amides is 1. The predicted molar refractivity (Wildman–Crippen MR) is 109 cm³/mol. The first-order chi connectivity index (χ1) is 14.1. The Morgan fingerprint density at radius 1 is 1.03 bits per heavy atom. The van der Waals surface area contributed by atoms with E-state index in [1.165, 1.54) is 0 Å². The summed E-state index contributed by atoms with van der Waals surface area (Å²) in [7, 11) is 0. The van der Waals surface area contributed by atoms with Gasteiger partial charge in [0.15, 0.2) is 12.4 Å². The van der Waals surface area contributed by atoms with Crippen LogP contribution in [0, 0.1) is 13.8 Å². The SMILES string of the molecule is Cc1ccc(OCC(=O)N2CCN(c3cc(-n4cccn4)nc(C)n3)CC2)cc1. The Balaban J connectivity index is 1.34. The predicted octanol–water partition coefficient (Wildman–Crippen LogP) is 2.01. The summed E-state index contributed by atoms with van der Waals surface area (Å²) in [5.74, 6) is 3.00. The van der Waals surface area contributed by atoms with Gasteiger partial charge in [-0.15, -0.1) is 0 Å². The van der Waals surface area contributed by atoms with Crippen LogP contribution in [0.1, 0.15) is 11.4 Å². The molecule has 0 radical (unpaired) electrons. The average Bonchev–Trinajstić information content (AvgIpc) is 3.28. The molecule has 3 heterocycles. The van der Waals surface area contributed by atoms with Crippen LogP contribution < -0.4 is 9.64 Å². The number of piperazine rings is 1. The molecule has 1 saturated heterocycles. The van der Waals surface area contributed by atoms with Crippen molar-refractivity contribution >= 4 is 11.7 Å². The van der Waals surface area contributed by atoms with E-state index in [0.717, 1.165) is 17.2 Å². The Morgan fingerprint density at radius 2 is 1.76 bits per heavy atom. The van der Waals surface area contributed by atoms with Gasteiger partial charge in [-0.25, -0.2) is 14.6 Å². The van der Waals surface area contributed by atoms with Crippen LogP contribution in [0.4, 0.5) is 5.82 Å². The lowest BCUT2D eigenvalue weighted by Crippen LogP contribution is -2.50. The van der Waals surface area contributed by atoms with Gasteiger partial charge in [0.25, 0.3) is 5.91 Å². The van der Waals surface area contributed by atoms with Gasteiger partial charge in [-0.05, 0) is 32.0 Å². The van der Waals surface area contributed by atoms with E-state index in [1.807, 2.05) is 61.3 Å². The van der Waals surface area contributed by atoms with E-state index in [4.69, 9.17) is 4.74 Å². The summed E-state index contributed by atoms with van der Waals surface area (Å²) in [5.41, 5.74) is 1.16. The molecule has 150 valence electrons. The van der Waals surface area contributed by atoms with Crippen LogP contribution in [0.3, 0.4) is 0 Å². The minimum absolute atomic E-state index is 0.00123. The van der Waals surface area contributed by atoms with Crippen LogP contribution in [0.25, 0.3) is 5.82 Å². The lowest BCUT2D eigenvalue weighted by molar-refractivity contribution is -0.133. The van der Waals surface area contributed by atoms with Gasteiger partial charge < -0.3 is 14.5 Å². The second kappa shape index (κ2) is 8.30. The smallest absolute Gasteiger partial charge is 0.260 e. The van der Waals surface area contributed by atoms with Crippen LogP contribution in [0.5, 0.6) is 5.75 Å². The highest BCUT2D eigenvalue weighted by atomic mass is 16.5. The Morgan fingerprint density at radius 3 is 2.45 bits per heavy atom. The maximum atomic E-state index is 12.5. The number of benzene rings is 1. The van der Waals surface area contributed by atoms with Crippen molar-refractivity contribution in [1.29, 1.82) is 0 Å². The summed E-state index contributed by atoms with van der Waals surface area (Å²) < 4.78 is 7.35. The highest BCUT2D eigenvalue weighted by molar-refractivity contribution is 5.78. The van der Waals surface area contributed by atoms with Gasteiger partial charge >= 0.3 is 0 Å². The van der Waals surface area contributed by atoms with Crippen molar-refractivity contribution in [2.45, 2.75) is 13.8 Å². The molecule has 1 aliphatic rings. The molecule has 8 nitrogen and oxygen atoms in total. The van der Waals surface area contributed by atoms with Crippen molar-refractivity contribution in [1.82, 2.24) is 24.6 Å². The number of aryl methyl sites for hydroxylation is 2. The van der Waals surface area contributed by atoms with Gasteiger partial charge in [-0.3, -0.25) is 4.79 Å². The summed E-state index contributed by atoms with van der Waals surface area (Å²) in [6, 6.07) is 11.5. The molecule has 1 aromatic carbocycles. The zero-order valence-corrected chi connectivity index (χ0v) is 16.7. The summed E-state index contributed by atoms with van der Waals surface area (Å²) >= 11 is 0. The Labute approximate surface area is 169 Å². The summed E-state index contributed by atoms with van der Waals surface area (Å²) in [6.45, 7) is 6.65. The van der Waals surface area contributed by atoms with Gasteiger partial charge in [0, 0.05) is 44.6 Å². The molecule has 0 unspecified atom stereocenters. The summed E-state index contributed by atoms with van der Waals surface area (Å²) in [4.78, 5) is 25.5. The average molecular weight is 392 g/mol. The van der Waals surface area contributed by atoms with Crippen molar-refractivity contribution in [2.24, 2.45) is 0 Å². The summed E-state index contributed by atoms with van der Waals surface area (Å²) in [5, 5.41) is 4.24. The van der Waals surface area contributed by atoms with Gasteiger partial charge in [-0.2, -0.15) is 5.10 Å². The topological polar surface area (TPSA) is 76.4 Å². The minimum Gasteiger partial charge on any atom is -0.484 e. The highest BCUT2D eigenvalue weighted by Gasteiger charge is 2.23. The maximum Gasteiger partial charge on any atom is 0.260 e. The van der Waals surface area contributed by atoms with E-state index in [1.54, 1.807) is 10.9 Å². The normalized spacial score (nSPS) is 14.1. The molecule has 0 atom stereocenters. The van der Waals surface area contributed by atoms with Crippen molar-refractivity contribution in [3.63, 3.8) is 0 Å². The standard InChI is InChI=1S/C21H24N6O2/c1-16-4-6-18(7-5-16)29-15-21(28)26-12-10-25(11-13-26)19-14-20(24-17(2)23-19)27-9-3-8-22-27/h3-9,14H,10-13,15H2,1-2H3. The Hall–Kier alpha value is -3.42. The molecule has 0 bridgehead atoms. The maximum absolute atomic E-state index is 12.5. The van der Waals surface area contributed by atoms with Crippen LogP contribution in [0.2, 0.25) is 0 Å². The molecule has 1 amide bonds. The molecular formula is C21H24N6O2. The second-order valence-electron chi connectivity index (χ2n) is 7.05. The zero-order valence-electron chi connectivity index (χ0n) is 16.7. The van der Waals surface area contributed by atoms with Gasteiger partial charge in [0.2, 0.25) is 0 Å². The number of hydrogen-bond donors (Lipinski definition) is 0. The van der Waals surface area contributed by atoms with E-state index >= 15 is 0 Å². The number of hydrogen-bond acceptors (Lipinski definition) is 6. The number of anilines is 1. The van der Waals surface area contributed by atoms with Crippen LogP contribution in [0.15, 0.2) is 48.8 Å². The monoisotopic (exact) mass is 392 g/mol. The quantitative estimate of drug-likeness (QED) is 0.661. The van der Waals surface area contributed by atoms with Crippen molar-refractivity contribution in [3.05, 3.63) is 60.2 Å². The van der Waals surface area contributed by atoms with E-state index in [2.05, 4.69) is 20.0 Å². The molecule has 0 N–H and O–H groups in total. The molecule has 4 rings (SSSR count). The van der Waals surface area contributed by atoms with E-state index in [-0.39, 0.29) is 12.5 Å². The molecule has 0 saturated carbocycles. The van der Waals surface area contributed by atoms with Crippen molar-refractivity contribution < 1.29 is 9.53 Å². The number of rotatable bonds is 5. The van der Waals surface area contributed by atoms with E-state index < -0.39 is 0 Å². The number of aromatic nitrogens is 4. The Bertz CT molecular complexity index is 963. The third-order valence-electron chi connectivity index (χ3n) is 4.89. The molecule has 8 heteroatoms. The number of ether oxygens (including phenoxy) is 1. The molecule has 0 spiro atoms. The van der Waals surface area contributed by atoms with Gasteiger partial charge in [0.1, 0.15) is 17.4 Å². The lowest BCUT2D eigenvalue weighted by atomic mass is 10.2. The van der Waals surface area contributed by atoms with Crippen LogP contribution >= 0.6 is 0 Å². The van der Waals surface area contributed by atoms with Crippen molar-refractivity contribution in [2.75, 3.05) is 37.7 Å². The first-order valence-corrected chi connectivity index (χ1v) is 9.66. The fraction of sp³-hybridized carbons (Fsp3) is 0.333. The molecule has 3 aromatic rings. The molecule has 1 fully saturated rings. The van der Waals surface area contributed by atoms with Crippen LogP contribution in [-0.4, -0.2) is 63.3 Å². The fourth-order valence-corrected chi connectivity index (χ4v) is 3.28. The molecule has 1 aliphatic heterocycles. The largest absolute Gasteiger partial charge is 0.484 e. The fourth-order valence-electron chi connectivity index (χ4n) is 3.28. The first-order valence-electron chi connectivity index (χ1n) is 9.66. The molecular weight excluding hydrogens is 368 g/mol. The number of carbonyl (C=O) groups is 1. The lowest BCUT2D eigenvalue weighted by Gasteiger charge is -2.35. The van der Waals surface area contributed by atoms with Crippen LogP contribution in [-0.2, 0) is 4.79 Å². The van der Waals surface area contributed by atoms with Gasteiger partial charge in [0.05, 0.1) is 0 Å².